The van der Waals surface area contributed by atoms with Gasteiger partial charge in [0.25, 0.3) is 0 Å². The summed E-state index contributed by atoms with van der Waals surface area (Å²) in [5.41, 5.74) is 7.78. The predicted octanol–water partition coefficient (Wildman–Crippen LogP) is 9.75. The van der Waals surface area contributed by atoms with E-state index in [4.69, 9.17) is 0 Å². The van der Waals surface area contributed by atoms with Gasteiger partial charge in [-0.3, -0.25) is 0 Å². The third-order valence-electron chi connectivity index (χ3n) is 5.72. The van der Waals surface area contributed by atoms with Gasteiger partial charge < -0.3 is 0 Å². The first kappa shape index (κ1) is 20.6. The van der Waals surface area contributed by atoms with Gasteiger partial charge in [0, 0.05) is 25.8 Å². The van der Waals surface area contributed by atoms with Crippen molar-refractivity contribution in [1.29, 1.82) is 0 Å². The monoisotopic (exact) mass is 476 g/mol. The minimum Gasteiger partial charge on any atom is -0.133 e. The molecule has 0 aliphatic carbocycles. The maximum atomic E-state index is 2.24. The van der Waals surface area contributed by atoms with Gasteiger partial charge in [0.1, 0.15) is 0 Å². The number of fused-ring (bicyclic) bond motifs is 1. The average molecular weight is 477 g/mol. The number of thiophene rings is 1. The summed E-state index contributed by atoms with van der Waals surface area (Å²) >= 11 is 1.92. The lowest BCUT2D eigenvalue weighted by Gasteiger charge is -2.21. The first-order chi connectivity index (χ1) is 16.4. The average Bonchev–Trinajstić information content (AvgIpc) is 3.30. The van der Waals surface area contributed by atoms with Crippen LogP contribution < -0.4 is 0 Å². The summed E-state index contributed by atoms with van der Waals surface area (Å²) in [6.07, 6.45) is 0. The molecular formula is C30H20S3. The van der Waals surface area contributed by atoms with Crippen molar-refractivity contribution in [3.05, 3.63) is 137 Å². The second-order valence-corrected chi connectivity index (χ2v) is 11.0. The van der Waals surface area contributed by atoms with Gasteiger partial charge in [0.2, 0.25) is 0 Å². The van der Waals surface area contributed by atoms with E-state index in [-0.39, 0.29) is 0 Å². The van der Waals surface area contributed by atoms with Crippen molar-refractivity contribution in [3.63, 3.8) is 0 Å². The van der Waals surface area contributed by atoms with Gasteiger partial charge in [0.05, 0.1) is 4.88 Å². The van der Waals surface area contributed by atoms with Gasteiger partial charge >= 0.3 is 0 Å². The van der Waals surface area contributed by atoms with Gasteiger partial charge in [-0.2, -0.15) is 0 Å². The Labute approximate surface area is 206 Å². The van der Waals surface area contributed by atoms with Crippen LogP contribution in [-0.4, -0.2) is 0 Å². The molecule has 3 heteroatoms. The summed E-state index contributed by atoms with van der Waals surface area (Å²) in [7, 11) is 3.78. The molecule has 33 heavy (non-hydrogen) atoms. The Kier molecular flexibility index (Phi) is 5.69. The summed E-state index contributed by atoms with van der Waals surface area (Å²) in [6, 6.07) is 43.3. The van der Waals surface area contributed by atoms with Gasteiger partial charge in [-0.05, 0) is 22.3 Å². The molecule has 0 atom stereocenters. The molecule has 0 N–H and O–H groups in total. The highest BCUT2D eigenvalue weighted by molar-refractivity contribution is 8.80. The van der Waals surface area contributed by atoms with Crippen LogP contribution in [0.5, 0.6) is 0 Å². The van der Waals surface area contributed by atoms with E-state index in [1.54, 1.807) is 0 Å². The Hall–Kier alpha value is -2.98. The van der Waals surface area contributed by atoms with E-state index in [1.807, 2.05) is 32.9 Å². The van der Waals surface area contributed by atoms with Gasteiger partial charge in [0.15, 0.2) is 0 Å². The highest BCUT2D eigenvalue weighted by Gasteiger charge is 2.30. The van der Waals surface area contributed by atoms with Crippen LogP contribution in [0.2, 0.25) is 0 Å². The van der Waals surface area contributed by atoms with Crippen LogP contribution in [0.1, 0.15) is 16.0 Å². The highest BCUT2D eigenvalue weighted by Crippen LogP contribution is 2.61. The van der Waals surface area contributed by atoms with Crippen molar-refractivity contribution in [3.8, 4) is 21.6 Å². The van der Waals surface area contributed by atoms with Crippen LogP contribution in [0.3, 0.4) is 0 Å². The lowest BCUT2D eigenvalue weighted by molar-refractivity contribution is 1.48. The van der Waals surface area contributed by atoms with Crippen molar-refractivity contribution in [2.75, 3.05) is 0 Å². The minimum atomic E-state index is 1.27. The number of benzene rings is 4. The topological polar surface area (TPSA) is 0 Å². The Morgan fingerprint density at radius 3 is 1.45 bits per heavy atom. The van der Waals surface area contributed by atoms with E-state index in [2.05, 4.69) is 121 Å². The van der Waals surface area contributed by atoms with Gasteiger partial charge in [-0.1, -0.05) is 143 Å². The third-order valence-corrected chi connectivity index (χ3v) is 9.62. The SMILES string of the molecule is c1ccc(C2=C(c3ccccc3)c3sc(-c4ccccc4)c(-c4ccccc4)c3SS2)cc1. The molecule has 0 bridgehead atoms. The summed E-state index contributed by atoms with van der Waals surface area (Å²) in [6.45, 7) is 0. The lowest BCUT2D eigenvalue weighted by atomic mass is 9.97. The molecule has 0 fully saturated rings. The lowest BCUT2D eigenvalue weighted by Crippen LogP contribution is -1.95. The largest absolute Gasteiger partial charge is 0.133 e. The first-order valence-corrected chi connectivity index (χ1v) is 13.8. The second-order valence-electron chi connectivity index (χ2n) is 7.80. The molecule has 1 aromatic heterocycles. The Morgan fingerprint density at radius 1 is 0.394 bits per heavy atom. The van der Waals surface area contributed by atoms with Crippen LogP contribution in [0.25, 0.3) is 32.0 Å². The second kappa shape index (κ2) is 9.11. The number of hydrogen-bond donors (Lipinski definition) is 0. The van der Waals surface area contributed by atoms with Crippen molar-refractivity contribution >= 4 is 43.4 Å². The van der Waals surface area contributed by atoms with Crippen molar-refractivity contribution in [1.82, 2.24) is 0 Å². The van der Waals surface area contributed by atoms with E-state index in [9.17, 15) is 0 Å². The molecule has 0 spiro atoms. The molecule has 4 aromatic carbocycles. The predicted molar refractivity (Wildman–Crippen MR) is 147 cm³/mol. The maximum absolute atomic E-state index is 2.24. The van der Waals surface area contributed by atoms with Gasteiger partial charge in [-0.25, -0.2) is 0 Å². The molecule has 0 nitrogen and oxygen atoms in total. The molecule has 0 amide bonds. The molecule has 2 heterocycles. The molecule has 0 saturated heterocycles. The number of hydrogen-bond acceptors (Lipinski definition) is 3. The quantitative estimate of drug-likeness (QED) is 0.237. The molecule has 1 aliphatic heterocycles. The fraction of sp³-hybridized carbons (Fsp3) is 0. The normalized spacial score (nSPS) is 13.1. The van der Waals surface area contributed by atoms with E-state index in [0.29, 0.717) is 0 Å². The zero-order chi connectivity index (χ0) is 22.0. The molecule has 6 rings (SSSR count). The van der Waals surface area contributed by atoms with Crippen LogP contribution >= 0.6 is 32.9 Å². The fourth-order valence-corrected chi connectivity index (χ4v) is 8.75. The van der Waals surface area contributed by atoms with Crippen molar-refractivity contribution < 1.29 is 0 Å². The summed E-state index contributed by atoms with van der Waals surface area (Å²) < 4.78 is 0. The zero-order valence-corrected chi connectivity index (χ0v) is 20.2. The molecular weight excluding hydrogens is 457 g/mol. The third kappa shape index (κ3) is 3.87. The smallest absolute Gasteiger partial charge is 0.0518 e. The fourth-order valence-electron chi connectivity index (χ4n) is 4.20. The summed E-state index contributed by atoms with van der Waals surface area (Å²) in [5, 5.41) is 0. The molecule has 0 radical (unpaired) electrons. The Bertz CT molecular complexity index is 1420. The maximum Gasteiger partial charge on any atom is 0.0518 e. The van der Waals surface area contributed by atoms with Crippen molar-refractivity contribution in [2.24, 2.45) is 0 Å². The first-order valence-electron chi connectivity index (χ1n) is 10.9. The highest BCUT2D eigenvalue weighted by atomic mass is 33.1. The minimum absolute atomic E-state index is 1.27. The molecule has 158 valence electrons. The van der Waals surface area contributed by atoms with Gasteiger partial charge in [-0.15, -0.1) is 11.3 Å². The molecule has 1 aliphatic rings. The Balaban J connectivity index is 1.67. The van der Waals surface area contributed by atoms with E-state index in [0.717, 1.165) is 0 Å². The van der Waals surface area contributed by atoms with Crippen LogP contribution in [-0.2, 0) is 0 Å². The Morgan fingerprint density at radius 2 is 0.879 bits per heavy atom. The number of rotatable bonds is 4. The van der Waals surface area contributed by atoms with E-state index < -0.39 is 0 Å². The summed E-state index contributed by atoms with van der Waals surface area (Å²) in [5.74, 6) is 0. The van der Waals surface area contributed by atoms with Crippen LogP contribution in [0.4, 0.5) is 0 Å². The molecule has 5 aromatic rings. The molecule has 0 unspecified atom stereocenters. The van der Waals surface area contributed by atoms with Crippen LogP contribution in [0, 0.1) is 0 Å². The van der Waals surface area contributed by atoms with Crippen molar-refractivity contribution in [2.45, 2.75) is 4.90 Å². The standard InChI is InChI=1S/C30H20S3/c1-5-13-21(14-6-1)25-27(23-17-9-3-10-18-23)31-29-26(22-15-7-2-8-16-22)28(32-33-30(25)29)24-19-11-4-12-20-24/h1-20H. The van der Waals surface area contributed by atoms with E-state index in [1.165, 1.54) is 52.9 Å². The van der Waals surface area contributed by atoms with E-state index >= 15 is 0 Å². The molecule has 0 saturated carbocycles. The summed E-state index contributed by atoms with van der Waals surface area (Å²) in [4.78, 5) is 5.40. The zero-order valence-electron chi connectivity index (χ0n) is 17.8. The van der Waals surface area contributed by atoms with Crippen LogP contribution in [0.15, 0.2) is 126 Å².